The van der Waals surface area contributed by atoms with Crippen LogP contribution in [0.1, 0.15) is 6.42 Å². The van der Waals surface area contributed by atoms with E-state index < -0.39 is 11.7 Å². The molecule has 146 valence electrons. The van der Waals surface area contributed by atoms with E-state index in [2.05, 4.69) is 0 Å². The zero-order valence-corrected chi connectivity index (χ0v) is 15.7. The predicted octanol–water partition coefficient (Wildman–Crippen LogP) is 0.411. The summed E-state index contributed by atoms with van der Waals surface area (Å²) >= 11 is 0. The van der Waals surface area contributed by atoms with E-state index >= 15 is 0 Å². The number of carbonyl (C=O) groups is 3. The van der Waals surface area contributed by atoms with Crippen molar-refractivity contribution in [3.05, 3.63) is 30.1 Å². The lowest BCUT2D eigenvalue weighted by atomic mass is 10.1. The van der Waals surface area contributed by atoms with Gasteiger partial charge >= 0.3 is 0 Å². The Morgan fingerprint density at radius 1 is 1.15 bits per heavy atom. The molecule has 8 heteroatoms. The van der Waals surface area contributed by atoms with Gasteiger partial charge in [0.05, 0.1) is 18.2 Å². The monoisotopic (exact) mass is 376 g/mol. The highest BCUT2D eigenvalue weighted by Crippen LogP contribution is 2.28. The summed E-state index contributed by atoms with van der Waals surface area (Å²) in [6.45, 7) is 2.87. The summed E-state index contributed by atoms with van der Waals surface area (Å²) in [6.07, 6.45) is 0.104. The summed E-state index contributed by atoms with van der Waals surface area (Å²) in [7, 11) is 3.45. The fraction of sp³-hybridized carbons (Fsp3) is 0.526. The van der Waals surface area contributed by atoms with Gasteiger partial charge < -0.3 is 14.7 Å². The molecule has 0 radical (unpaired) electrons. The number of amides is 3. The molecule has 0 N–H and O–H groups in total. The highest BCUT2D eigenvalue weighted by molar-refractivity contribution is 6.00. The lowest BCUT2D eigenvalue weighted by molar-refractivity contribution is -0.138. The van der Waals surface area contributed by atoms with Gasteiger partial charge in [0, 0.05) is 53.2 Å². The molecule has 27 heavy (non-hydrogen) atoms. The molecule has 3 amide bonds. The van der Waals surface area contributed by atoms with Crippen LogP contribution < -0.4 is 4.90 Å². The molecular formula is C19H25FN4O3. The Labute approximate surface area is 158 Å². The molecule has 0 aliphatic carbocycles. The van der Waals surface area contributed by atoms with Crippen LogP contribution in [0.4, 0.5) is 10.1 Å². The third-order valence-electron chi connectivity index (χ3n) is 5.16. The molecule has 1 aromatic carbocycles. The van der Waals surface area contributed by atoms with Crippen molar-refractivity contribution in [2.24, 2.45) is 5.92 Å². The van der Waals surface area contributed by atoms with Crippen LogP contribution in [0.15, 0.2) is 24.3 Å². The molecule has 2 fully saturated rings. The number of carbonyl (C=O) groups excluding carboxylic acids is 3. The molecule has 3 rings (SSSR count). The van der Waals surface area contributed by atoms with E-state index in [1.807, 2.05) is 4.90 Å². The van der Waals surface area contributed by atoms with Crippen molar-refractivity contribution >= 4 is 23.4 Å². The average Bonchev–Trinajstić information content (AvgIpc) is 3.03. The van der Waals surface area contributed by atoms with Gasteiger partial charge in [-0.1, -0.05) is 12.1 Å². The zero-order chi connectivity index (χ0) is 19.6. The minimum absolute atomic E-state index is 0.0386. The van der Waals surface area contributed by atoms with Crippen LogP contribution in [-0.4, -0.2) is 85.8 Å². The summed E-state index contributed by atoms with van der Waals surface area (Å²) < 4.78 is 14.0. The van der Waals surface area contributed by atoms with Gasteiger partial charge in [-0.25, -0.2) is 4.39 Å². The van der Waals surface area contributed by atoms with E-state index in [-0.39, 0.29) is 36.4 Å². The first-order chi connectivity index (χ1) is 12.9. The van der Waals surface area contributed by atoms with E-state index in [0.717, 1.165) is 0 Å². The Hall–Kier alpha value is -2.48. The third-order valence-corrected chi connectivity index (χ3v) is 5.16. The molecule has 0 aromatic heterocycles. The maximum absolute atomic E-state index is 14.0. The van der Waals surface area contributed by atoms with Crippen LogP contribution in [0.3, 0.4) is 0 Å². The molecule has 1 unspecified atom stereocenters. The first-order valence-electron chi connectivity index (χ1n) is 9.13. The number of rotatable bonds is 4. The Bertz CT molecular complexity index is 731. The minimum atomic E-state index is -0.460. The molecule has 2 aliphatic heterocycles. The number of para-hydroxylation sites is 1. The largest absolute Gasteiger partial charge is 0.348 e. The van der Waals surface area contributed by atoms with E-state index in [1.54, 1.807) is 42.1 Å². The molecule has 2 heterocycles. The Kier molecular flexibility index (Phi) is 5.74. The highest BCUT2D eigenvalue weighted by Gasteiger charge is 2.38. The fourth-order valence-electron chi connectivity index (χ4n) is 3.49. The van der Waals surface area contributed by atoms with Crippen molar-refractivity contribution in [2.75, 3.05) is 58.3 Å². The lowest BCUT2D eigenvalue weighted by Gasteiger charge is -2.35. The standard InChI is InChI=1S/C19H25FN4O3/c1-21(2)18(26)13-22-7-9-23(10-8-22)19(27)14-11-17(25)24(12-14)16-6-4-3-5-15(16)20/h3-6,14H,7-13H2,1-2H3. The van der Waals surface area contributed by atoms with Gasteiger partial charge in [0.2, 0.25) is 17.7 Å². The number of nitrogens with zero attached hydrogens (tertiary/aromatic N) is 4. The molecule has 2 aliphatic rings. The summed E-state index contributed by atoms with van der Waals surface area (Å²) in [5.41, 5.74) is 0.227. The number of anilines is 1. The van der Waals surface area contributed by atoms with E-state index in [0.29, 0.717) is 32.7 Å². The van der Waals surface area contributed by atoms with Gasteiger partial charge in [-0.15, -0.1) is 0 Å². The van der Waals surface area contributed by atoms with Gasteiger partial charge in [0.1, 0.15) is 5.82 Å². The van der Waals surface area contributed by atoms with Gasteiger partial charge in [-0.05, 0) is 12.1 Å². The van der Waals surface area contributed by atoms with E-state index in [1.165, 1.54) is 11.0 Å². The second-order valence-electron chi connectivity index (χ2n) is 7.25. The minimum Gasteiger partial charge on any atom is -0.348 e. The van der Waals surface area contributed by atoms with Crippen LogP contribution in [0.2, 0.25) is 0 Å². The second-order valence-corrected chi connectivity index (χ2v) is 7.25. The fourth-order valence-corrected chi connectivity index (χ4v) is 3.49. The van der Waals surface area contributed by atoms with Gasteiger partial charge in [-0.3, -0.25) is 19.3 Å². The second kappa shape index (κ2) is 8.04. The number of halogens is 1. The highest BCUT2D eigenvalue weighted by atomic mass is 19.1. The van der Waals surface area contributed by atoms with Crippen molar-refractivity contribution in [1.82, 2.24) is 14.7 Å². The van der Waals surface area contributed by atoms with Crippen molar-refractivity contribution in [1.29, 1.82) is 0 Å². The van der Waals surface area contributed by atoms with Crippen LogP contribution >= 0.6 is 0 Å². The van der Waals surface area contributed by atoms with Crippen LogP contribution in [0.25, 0.3) is 0 Å². The smallest absolute Gasteiger partial charge is 0.236 e. The first kappa shape index (κ1) is 19.3. The molecule has 0 spiro atoms. The summed E-state index contributed by atoms with van der Waals surface area (Å²) in [5, 5.41) is 0. The third kappa shape index (κ3) is 4.27. The van der Waals surface area contributed by atoms with Crippen LogP contribution in [0.5, 0.6) is 0 Å². The number of piperazine rings is 1. The summed E-state index contributed by atoms with van der Waals surface area (Å²) in [6, 6.07) is 6.12. The van der Waals surface area contributed by atoms with E-state index in [9.17, 15) is 18.8 Å². The zero-order valence-electron chi connectivity index (χ0n) is 15.7. The predicted molar refractivity (Wildman–Crippen MR) is 98.6 cm³/mol. The van der Waals surface area contributed by atoms with Gasteiger partial charge in [0.15, 0.2) is 0 Å². The number of hydrogen-bond donors (Lipinski definition) is 0. The maximum atomic E-state index is 14.0. The van der Waals surface area contributed by atoms with Crippen LogP contribution in [-0.2, 0) is 14.4 Å². The Morgan fingerprint density at radius 3 is 2.44 bits per heavy atom. The Morgan fingerprint density at radius 2 is 1.81 bits per heavy atom. The number of hydrogen-bond acceptors (Lipinski definition) is 4. The molecule has 0 bridgehead atoms. The molecule has 1 atom stereocenters. The SMILES string of the molecule is CN(C)C(=O)CN1CCN(C(=O)C2CC(=O)N(c3ccccc3F)C2)CC1. The van der Waals surface area contributed by atoms with Crippen LogP contribution in [0, 0.1) is 11.7 Å². The molecule has 2 saturated heterocycles. The number of likely N-dealkylation sites (N-methyl/N-ethyl adjacent to an activating group) is 1. The maximum Gasteiger partial charge on any atom is 0.236 e. The van der Waals surface area contributed by atoms with Crippen molar-refractivity contribution in [3.8, 4) is 0 Å². The normalized spacial score (nSPS) is 20.9. The molecule has 1 aromatic rings. The van der Waals surface area contributed by atoms with Crippen molar-refractivity contribution in [3.63, 3.8) is 0 Å². The number of benzene rings is 1. The van der Waals surface area contributed by atoms with Gasteiger partial charge in [0.25, 0.3) is 0 Å². The summed E-state index contributed by atoms with van der Waals surface area (Å²) in [4.78, 5) is 43.6. The van der Waals surface area contributed by atoms with Gasteiger partial charge in [-0.2, -0.15) is 0 Å². The molecular weight excluding hydrogens is 351 g/mol. The Balaban J connectivity index is 1.56. The lowest BCUT2D eigenvalue weighted by Crippen LogP contribution is -2.52. The topological polar surface area (TPSA) is 64.2 Å². The van der Waals surface area contributed by atoms with E-state index in [4.69, 9.17) is 0 Å². The van der Waals surface area contributed by atoms with Crippen molar-refractivity contribution in [2.45, 2.75) is 6.42 Å². The first-order valence-corrected chi connectivity index (χ1v) is 9.13. The quantitative estimate of drug-likeness (QED) is 0.764. The summed E-state index contributed by atoms with van der Waals surface area (Å²) in [5.74, 6) is -1.17. The average molecular weight is 376 g/mol. The van der Waals surface area contributed by atoms with Crippen molar-refractivity contribution < 1.29 is 18.8 Å². The molecule has 7 nitrogen and oxygen atoms in total. The molecule has 0 saturated carbocycles.